The molecule has 0 spiro atoms. The van der Waals surface area contributed by atoms with Gasteiger partial charge in [-0.05, 0) is 44.8 Å². The topological polar surface area (TPSA) is 40.6 Å². The Morgan fingerprint density at radius 1 is 1.17 bits per heavy atom. The van der Waals surface area contributed by atoms with E-state index in [9.17, 15) is 8.42 Å². The average molecular weight is 268 g/mol. The summed E-state index contributed by atoms with van der Waals surface area (Å²) in [6.45, 7) is 3.09. The zero-order chi connectivity index (χ0) is 12.9. The van der Waals surface area contributed by atoms with Crippen molar-refractivity contribution in [2.75, 3.05) is 33.2 Å². The van der Waals surface area contributed by atoms with Crippen molar-refractivity contribution in [2.45, 2.75) is 18.1 Å². The molecule has 4 nitrogen and oxygen atoms in total. The van der Waals surface area contributed by atoms with Gasteiger partial charge in [0.1, 0.15) is 0 Å². The molecule has 0 aromatic rings. The second-order valence-electron chi connectivity index (χ2n) is 5.88. The van der Waals surface area contributed by atoms with Crippen LogP contribution in [-0.2, 0) is 10.0 Å². The maximum atomic E-state index is 12.5. The summed E-state index contributed by atoms with van der Waals surface area (Å²) in [6.07, 6.45) is 6.95. The first-order valence-corrected chi connectivity index (χ1v) is 8.18. The predicted molar refractivity (Wildman–Crippen MR) is 70.3 cm³/mol. The zero-order valence-electron chi connectivity index (χ0n) is 10.7. The minimum atomic E-state index is -3.08. The molecule has 0 bridgehead atoms. The summed E-state index contributed by atoms with van der Waals surface area (Å²) in [5.41, 5.74) is 0. The Kier molecular flexibility index (Phi) is 2.92. The van der Waals surface area contributed by atoms with E-state index in [0.717, 1.165) is 25.9 Å². The molecule has 0 aromatic heterocycles. The van der Waals surface area contributed by atoms with E-state index in [4.69, 9.17) is 6.42 Å². The molecule has 5 heteroatoms. The van der Waals surface area contributed by atoms with E-state index in [0.29, 0.717) is 30.8 Å². The van der Waals surface area contributed by atoms with Crippen LogP contribution in [0.3, 0.4) is 0 Å². The molecule has 3 rings (SSSR count). The minimum absolute atomic E-state index is 0.171. The predicted octanol–water partition coefficient (Wildman–Crippen LogP) is 0.221. The zero-order valence-corrected chi connectivity index (χ0v) is 11.6. The van der Waals surface area contributed by atoms with Gasteiger partial charge in [-0.25, -0.2) is 12.7 Å². The van der Waals surface area contributed by atoms with Crippen LogP contribution in [0.25, 0.3) is 0 Å². The Morgan fingerprint density at radius 2 is 1.72 bits per heavy atom. The van der Waals surface area contributed by atoms with Crippen LogP contribution in [0.5, 0.6) is 0 Å². The largest absolute Gasteiger partial charge is 0.306 e. The average Bonchev–Trinajstić information content (AvgIpc) is 2.81. The summed E-state index contributed by atoms with van der Waals surface area (Å²) in [5.74, 6) is 3.99. The van der Waals surface area contributed by atoms with Gasteiger partial charge in [-0.1, -0.05) is 0 Å². The molecule has 100 valence electrons. The molecular weight excluding hydrogens is 248 g/mol. The van der Waals surface area contributed by atoms with Gasteiger partial charge in [-0.3, -0.25) is 0 Å². The quantitative estimate of drug-likeness (QED) is 0.673. The van der Waals surface area contributed by atoms with E-state index < -0.39 is 10.0 Å². The first-order chi connectivity index (χ1) is 8.54. The van der Waals surface area contributed by atoms with Crippen molar-refractivity contribution in [1.82, 2.24) is 9.21 Å². The van der Waals surface area contributed by atoms with Gasteiger partial charge in [0.2, 0.25) is 10.0 Å². The van der Waals surface area contributed by atoms with Crippen molar-refractivity contribution in [2.24, 2.45) is 17.8 Å². The number of hydrogen-bond acceptors (Lipinski definition) is 3. The molecule has 2 aliphatic heterocycles. The summed E-state index contributed by atoms with van der Waals surface area (Å²) >= 11 is 0. The highest BCUT2D eigenvalue weighted by Crippen LogP contribution is 2.52. The van der Waals surface area contributed by atoms with Crippen LogP contribution in [0.1, 0.15) is 12.8 Å². The highest BCUT2D eigenvalue weighted by molar-refractivity contribution is 7.89. The molecule has 2 atom stereocenters. The Hall–Kier alpha value is -0.570. The van der Waals surface area contributed by atoms with Crippen LogP contribution < -0.4 is 0 Å². The van der Waals surface area contributed by atoms with Crippen molar-refractivity contribution in [3.8, 4) is 12.3 Å². The second kappa shape index (κ2) is 4.22. The number of hydrogen-bond donors (Lipinski definition) is 0. The lowest BCUT2D eigenvalue weighted by Gasteiger charge is -2.32. The van der Waals surface area contributed by atoms with Crippen LogP contribution >= 0.6 is 0 Å². The Balaban J connectivity index is 1.65. The van der Waals surface area contributed by atoms with Crippen molar-refractivity contribution in [1.29, 1.82) is 0 Å². The van der Waals surface area contributed by atoms with Crippen LogP contribution in [0.15, 0.2) is 0 Å². The van der Waals surface area contributed by atoms with Gasteiger partial charge < -0.3 is 4.90 Å². The van der Waals surface area contributed by atoms with Crippen LogP contribution in [0.4, 0.5) is 0 Å². The number of piperidine rings is 2. The molecule has 0 radical (unpaired) electrons. The van der Waals surface area contributed by atoms with E-state index in [1.54, 1.807) is 4.31 Å². The lowest BCUT2D eigenvalue weighted by atomic mass is 10.1. The van der Waals surface area contributed by atoms with E-state index in [1.807, 2.05) is 7.05 Å². The lowest BCUT2D eigenvalue weighted by molar-refractivity contribution is 0.272. The van der Waals surface area contributed by atoms with E-state index in [2.05, 4.69) is 10.8 Å². The standard InChI is InChI=1S/C13H20N2O2S/c1-3-11-12-8-15(9-13(11)12)18(16,17)10-4-6-14(2)7-5-10/h1,10-13H,4-9H2,2H3. The fourth-order valence-electron chi connectivity index (χ4n) is 3.44. The molecule has 2 unspecified atom stereocenters. The molecule has 2 heterocycles. The number of rotatable bonds is 2. The normalized spacial score (nSPS) is 38.3. The molecule has 1 aliphatic carbocycles. The molecule has 0 aromatic carbocycles. The minimum Gasteiger partial charge on any atom is -0.306 e. The summed E-state index contributed by atoms with van der Waals surface area (Å²) in [4.78, 5) is 2.20. The van der Waals surface area contributed by atoms with Crippen molar-refractivity contribution in [3.63, 3.8) is 0 Å². The van der Waals surface area contributed by atoms with Gasteiger partial charge in [0.15, 0.2) is 0 Å². The molecule has 2 saturated heterocycles. The maximum absolute atomic E-state index is 12.5. The molecule has 1 saturated carbocycles. The van der Waals surface area contributed by atoms with Crippen LogP contribution in [0, 0.1) is 30.1 Å². The molecule has 0 amide bonds. The first-order valence-electron chi connectivity index (χ1n) is 6.67. The molecule has 3 aliphatic rings. The second-order valence-corrected chi connectivity index (χ2v) is 8.10. The maximum Gasteiger partial charge on any atom is 0.217 e. The Bertz CT molecular complexity index is 462. The molecule has 0 N–H and O–H groups in total. The Labute approximate surface area is 109 Å². The fourth-order valence-corrected chi connectivity index (χ4v) is 5.42. The molecule has 18 heavy (non-hydrogen) atoms. The van der Waals surface area contributed by atoms with Crippen LogP contribution in [-0.4, -0.2) is 56.1 Å². The SMILES string of the molecule is C#CC1C2CN(S(=O)(=O)C3CCN(C)CC3)CC12. The van der Waals surface area contributed by atoms with Gasteiger partial charge in [0.25, 0.3) is 0 Å². The number of terminal acetylenes is 1. The number of fused-ring (bicyclic) bond motifs is 1. The number of sulfonamides is 1. The van der Waals surface area contributed by atoms with Gasteiger partial charge in [0.05, 0.1) is 5.25 Å². The molecular formula is C13H20N2O2S. The monoisotopic (exact) mass is 268 g/mol. The fraction of sp³-hybridized carbons (Fsp3) is 0.846. The highest BCUT2D eigenvalue weighted by Gasteiger charge is 2.57. The third-order valence-electron chi connectivity index (χ3n) is 4.80. The van der Waals surface area contributed by atoms with Gasteiger partial charge in [0, 0.05) is 19.0 Å². The summed E-state index contributed by atoms with van der Waals surface area (Å²) in [7, 11) is -1.03. The van der Waals surface area contributed by atoms with Gasteiger partial charge in [-0.15, -0.1) is 12.3 Å². The van der Waals surface area contributed by atoms with E-state index in [1.165, 1.54) is 0 Å². The number of nitrogens with zero attached hydrogens (tertiary/aromatic N) is 2. The third-order valence-corrected chi connectivity index (χ3v) is 7.13. The van der Waals surface area contributed by atoms with Crippen molar-refractivity contribution >= 4 is 10.0 Å². The molecule has 3 fully saturated rings. The Morgan fingerprint density at radius 3 is 2.22 bits per heavy atom. The van der Waals surface area contributed by atoms with E-state index in [-0.39, 0.29) is 5.25 Å². The van der Waals surface area contributed by atoms with Gasteiger partial charge in [-0.2, -0.15) is 0 Å². The van der Waals surface area contributed by atoms with Crippen molar-refractivity contribution < 1.29 is 8.42 Å². The summed E-state index contributed by atoms with van der Waals surface area (Å²) in [5, 5.41) is -0.171. The van der Waals surface area contributed by atoms with E-state index >= 15 is 0 Å². The van der Waals surface area contributed by atoms with Crippen molar-refractivity contribution in [3.05, 3.63) is 0 Å². The summed E-state index contributed by atoms with van der Waals surface area (Å²) in [6, 6.07) is 0. The summed E-state index contributed by atoms with van der Waals surface area (Å²) < 4.78 is 26.7. The lowest BCUT2D eigenvalue weighted by Crippen LogP contribution is -2.44. The van der Waals surface area contributed by atoms with Crippen LogP contribution in [0.2, 0.25) is 0 Å². The third kappa shape index (κ3) is 1.87. The first kappa shape index (κ1) is 12.5. The number of likely N-dealkylation sites (tertiary alicyclic amines) is 1. The smallest absolute Gasteiger partial charge is 0.217 e. The van der Waals surface area contributed by atoms with Gasteiger partial charge >= 0.3 is 0 Å². The highest BCUT2D eigenvalue weighted by atomic mass is 32.2.